The fourth-order valence-corrected chi connectivity index (χ4v) is 2.92. The number of rotatable bonds is 5. The zero-order valence-electron chi connectivity index (χ0n) is 15.1. The van der Waals surface area contributed by atoms with E-state index < -0.39 is 36.6 Å². The Bertz CT molecular complexity index is 877. The van der Waals surface area contributed by atoms with Gasteiger partial charge in [-0.15, -0.1) is 0 Å². The van der Waals surface area contributed by atoms with Gasteiger partial charge >= 0.3 is 12.1 Å². The average Bonchev–Trinajstić information content (AvgIpc) is 3.08. The number of alkyl halides is 3. The number of methoxy groups -OCH3 is 1. The zero-order valence-corrected chi connectivity index (χ0v) is 15.1. The highest BCUT2D eigenvalue weighted by Gasteiger charge is 2.45. The smallest absolute Gasteiger partial charge is 0.410 e. The first-order valence-corrected chi connectivity index (χ1v) is 8.46. The molecule has 1 aromatic carbocycles. The van der Waals surface area contributed by atoms with Crippen molar-refractivity contribution in [2.24, 2.45) is 0 Å². The summed E-state index contributed by atoms with van der Waals surface area (Å²) >= 11 is 0. The van der Waals surface area contributed by atoms with Crippen LogP contribution in [0.25, 0.3) is 0 Å². The van der Waals surface area contributed by atoms with Crippen LogP contribution in [0.5, 0.6) is 5.75 Å². The number of hydrogen-bond donors (Lipinski definition) is 1. The highest BCUT2D eigenvalue weighted by atomic mass is 19.4. The summed E-state index contributed by atoms with van der Waals surface area (Å²) in [6.07, 6.45) is -4.70. The van der Waals surface area contributed by atoms with E-state index in [1.807, 2.05) is 0 Å². The summed E-state index contributed by atoms with van der Waals surface area (Å²) in [5.41, 5.74) is 0.0127. The van der Waals surface area contributed by atoms with E-state index >= 15 is 0 Å². The minimum absolute atomic E-state index is 0.0782. The first kappa shape index (κ1) is 19.7. The molecule has 0 saturated carbocycles. The van der Waals surface area contributed by atoms with Gasteiger partial charge in [0.1, 0.15) is 11.6 Å². The number of Topliss-reactive ketones (excluding diaryl/α,β-unsaturated/α-hetero) is 1. The van der Waals surface area contributed by atoms with E-state index in [9.17, 15) is 22.8 Å². The molecule has 0 fully saturated rings. The summed E-state index contributed by atoms with van der Waals surface area (Å²) in [5, 5.41) is 6.59. The number of nitrogens with one attached hydrogen (secondary N) is 1. The van der Waals surface area contributed by atoms with Crippen LogP contribution in [-0.4, -0.2) is 47.5 Å². The third-order valence-corrected chi connectivity index (χ3v) is 4.34. The second kappa shape index (κ2) is 7.53. The molecular formula is C18H18F3N3O4. The number of halogens is 3. The maximum Gasteiger partial charge on any atom is 0.410 e. The van der Waals surface area contributed by atoms with Crippen molar-refractivity contribution in [1.82, 2.24) is 9.78 Å². The summed E-state index contributed by atoms with van der Waals surface area (Å²) in [6.45, 7) is 1.06. The Morgan fingerprint density at radius 2 is 1.96 bits per heavy atom. The van der Waals surface area contributed by atoms with Crippen LogP contribution in [0.4, 0.5) is 19.0 Å². The largest absolute Gasteiger partial charge is 0.497 e. The lowest BCUT2D eigenvalue weighted by molar-refractivity contribution is -0.173. The number of aromatic nitrogens is 2. The maximum atomic E-state index is 13.2. The van der Waals surface area contributed by atoms with Gasteiger partial charge in [-0.25, -0.2) is 9.48 Å². The van der Waals surface area contributed by atoms with E-state index in [1.165, 1.54) is 25.3 Å². The number of esters is 1. The molecule has 0 saturated heterocycles. The normalized spacial score (nSPS) is 18.8. The van der Waals surface area contributed by atoms with Crippen LogP contribution in [0.15, 0.2) is 30.3 Å². The SMILES string of the molecule is COc1ccc(C(=O)COC(=O)c2cc3n(n2)[C@H](C(F)(F)F)C[C@H](C)N3)cc1. The first-order chi connectivity index (χ1) is 13.2. The molecule has 2 aromatic rings. The quantitative estimate of drug-likeness (QED) is 0.616. The highest BCUT2D eigenvalue weighted by molar-refractivity contribution is 5.99. The van der Waals surface area contributed by atoms with Crippen LogP contribution in [0, 0.1) is 0 Å². The van der Waals surface area contributed by atoms with E-state index in [0.717, 1.165) is 4.68 Å². The Morgan fingerprint density at radius 3 is 2.57 bits per heavy atom. The van der Waals surface area contributed by atoms with Crippen molar-refractivity contribution in [3.05, 3.63) is 41.6 Å². The van der Waals surface area contributed by atoms with Gasteiger partial charge in [0.15, 0.2) is 24.1 Å². The summed E-state index contributed by atoms with van der Waals surface area (Å²) in [4.78, 5) is 24.3. The number of hydrogen-bond acceptors (Lipinski definition) is 6. The molecule has 10 heteroatoms. The summed E-state index contributed by atoms with van der Waals surface area (Å²) < 4.78 is 50.4. The number of benzene rings is 1. The molecular weight excluding hydrogens is 379 g/mol. The van der Waals surface area contributed by atoms with Gasteiger partial charge in [-0.2, -0.15) is 18.3 Å². The topological polar surface area (TPSA) is 82.5 Å². The van der Waals surface area contributed by atoms with Gasteiger partial charge in [-0.3, -0.25) is 4.79 Å². The van der Waals surface area contributed by atoms with Crippen LogP contribution in [-0.2, 0) is 4.74 Å². The summed E-state index contributed by atoms with van der Waals surface area (Å²) in [7, 11) is 1.49. The zero-order chi connectivity index (χ0) is 20.5. The number of ketones is 1. The number of fused-ring (bicyclic) bond motifs is 1. The van der Waals surface area contributed by atoms with Crippen molar-refractivity contribution >= 4 is 17.6 Å². The van der Waals surface area contributed by atoms with Gasteiger partial charge < -0.3 is 14.8 Å². The van der Waals surface area contributed by atoms with Crippen molar-refractivity contribution in [2.45, 2.75) is 31.6 Å². The molecule has 1 aromatic heterocycles. The molecule has 3 rings (SSSR count). The van der Waals surface area contributed by atoms with E-state index in [1.54, 1.807) is 19.1 Å². The molecule has 0 spiro atoms. The van der Waals surface area contributed by atoms with Gasteiger partial charge in [0.2, 0.25) is 0 Å². The lowest BCUT2D eigenvalue weighted by Crippen LogP contribution is -2.37. The third kappa shape index (κ3) is 4.10. The van der Waals surface area contributed by atoms with Crippen molar-refractivity contribution in [3.8, 4) is 5.75 Å². The molecule has 0 amide bonds. The predicted octanol–water partition coefficient (Wildman–Crippen LogP) is 3.24. The fraction of sp³-hybridized carbons (Fsp3) is 0.389. The molecule has 1 aliphatic heterocycles. The molecule has 2 atom stereocenters. The summed E-state index contributed by atoms with van der Waals surface area (Å²) in [5.74, 6) is -0.786. The Kier molecular flexibility index (Phi) is 5.30. The van der Waals surface area contributed by atoms with Crippen LogP contribution < -0.4 is 10.1 Å². The standard InChI is InChI=1S/C18H18F3N3O4/c1-10-7-15(18(19,20)21)24-16(22-10)8-13(23-24)17(26)28-9-14(25)11-3-5-12(27-2)6-4-11/h3-6,8,10,15,22H,7,9H2,1-2H3/t10-,15-/m0/s1. The van der Waals surface area contributed by atoms with Gasteiger partial charge in [-0.05, 0) is 37.6 Å². The molecule has 1 N–H and O–H groups in total. The maximum absolute atomic E-state index is 13.2. The first-order valence-electron chi connectivity index (χ1n) is 8.46. The number of carbonyl (C=O) groups is 2. The lowest BCUT2D eigenvalue weighted by atomic mass is 10.1. The van der Waals surface area contributed by atoms with Crippen LogP contribution in [0.1, 0.15) is 40.2 Å². The fourth-order valence-electron chi connectivity index (χ4n) is 2.92. The second-order valence-corrected chi connectivity index (χ2v) is 6.43. The lowest BCUT2D eigenvalue weighted by Gasteiger charge is -2.31. The van der Waals surface area contributed by atoms with E-state index in [0.29, 0.717) is 11.3 Å². The molecule has 1 aliphatic rings. The van der Waals surface area contributed by atoms with Crippen LogP contribution in [0.2, 0.25) is 0 Å². The van der Waals surface area contributed by atoms with Crippen LogP contribution in [0.3, 0.4) is 0 Å². The highest BCUT2D eigenvalue weighted by Crippen LogP contribution is 2.39. The van der Waals surface area contributed by atoms with Crippen molar-refractivity contribution in [1.29, 1.82) is 0 Å². The molecule has 0 unspecified atom stereocenters. The Balaban J connectivity index is 1.69. The third-order valence-electron chi connectivity index (χ3n) is 4.34. The molecule has 2 heterocycles. The van der Waals surface area contributed by atoms with E-state index in [-0.39, 0.29) is 17.9 Å². The predicted molar refractivity (Wildman–Crippen MR) is 92.6 cm³/mol. The molecule has 0 radical (unpaired) electrons. The monoisotopic (exact) mass is 397 g/mol. The minimum Gasteiger partial charge on any atom is -0.497 e. The van der Waals surface area contributed by atoms with E-state index in [2.05, 4.69) is 10.4 Å². The molecule has 0 aliphatic carbocycles. The van der Waals surface area contributed by atoms with Crippen molar-refractivity contribution in [2.75, 3.05) is 19.0 Å². The number of nitrogens with zero attached hydrogens (tertiary/aromatic N) is 2. The number of anilines is 1. The Labute approximate surface area is 158 Å². The Hall–Kier alpha value is -3.04. The van der Waals surface area contributed by atoms with Gasteiger partial charge in [0.25, 0.3) is 0 Å². The molecule has 28 heavy (non-hydrogen) atoms. The van der Waals surface area contributed by atoms with Gasteiger partial charge in [-0.1, -0.05) is 0 Å². The van der Waals surface area contributed by atoms with Crippen molar-refractivity contribution < 1.29 is 32.2 Å². The Morgan fingerprint density at radius 1 is 1.29 bits per heavy atom. The van der Waals surface area contributed by atoms with Gasteiger partial charge in [0.05, 0.1) is 7.11 Å². The van der Waals surface area contributed by atoms with Crippen LogP contribution >= 0.6 is 0 Å². The van der Waals surface area contributed by atoms with E-state index in [4.69, 9.17) is 9.47 Å². The number of ether oxygens (including phenoxy) is 2. The minimum atomic E-state index is -4.50. The average molecular weight is 397 g/mol. The van der Waals surface area contributed by atoms with Gasteiger partial charge in [0, 0.05) is 17.7 Å². The second-order valence-electron chi connectivity index (χ2n) is 6.43. The summed E-state index contributed by atoms with van der Waals surface area (Å²) in [6, 6.07) is 5.13. The molecule has 0 bridgehead atoms. The van der Waals surface area contributed by atoms with Crippen molar-refractivity contribution in [3.63, 3.8) is 0 Å². The number of carbonyl (C=O) groups excluding carboxylic acids is 2. The molecule has 7 nitrogen and oxygen atoms in total. The molecule has 150 valence electrons.